The van der Waals surface area contributed by atoms with Crippen LogP contribution in [0.4, 0.5) is 0 Å². The summed E-state index contributed by atoms with van der Waals surface area (Å²) in [6, 6.07) is 0. The van der Waals surface area contributed by atoms with Gasteiger partial charge in [-0.25, -0.2) is 12.7 Å². The second-order valence-corrected chi connectivity index (χ2v) is 6.43. The van der Waals surface area contributed by atoms with Gasteiger partial charge in [-0.1, -0.05) is 6.08 Å². The van der Waals surface area contributed by atoms with Crippen molar-refractivity contribution in [1.82, 2.24) is 4.31 Å². The Labute approximate surface area is 95.8 Å². The van der Waals surface area contributed by atoms with Gasteiger partial charge in [0.05, 0.1) is 11.2 Å². The minimum absolute atomic E-state index is 0.00615. The first-order valence-corrected chi connectivity index (χ1v) is 6.75. The normalized spacial score (nSPS) is 26.8. The standard InChI is InChI=1S/C10H17NO4S/c1-3-4-7-16(14,15)11-6-5-10(2,8-11)9(12)13/h3H,1,4-8H2,2H3,(H,12,13). The Balaban J connectivity index is 2.73. The highest BCUT2D eigenvalue weighted by Gasteiger charge is 2.44. The summed E-state index contributed by atoms with van der Waals surface area (Å²) in [5.41, 5.74) is -0.943. The molecular formula is C10H17NO4S. The lowest BCUT2D eigenvalue weighted by molar-refractivity contribution is -0.146. The Bertz CT molecular complexity index is 390. The van der Waals surface area contributed by atoms with E-state index >= 15 is 0 Å². The number of allylic oxidation sites excluding steroid dienone is 1. The van der Waals surface area contributed by atoms with Crippen molar-refractivity contribution in [2.45, 2.75) is 19.8 Å². The number of hydrogen-bond acceptors (Lipinski definition) is 3. The van der Waals surface area contributed by atoms with E-state index in [1.807, 2.05) is 0 Å². The molecule has 0 aromatic heterocycles. The smallest absolute Gasteiger partial charge is 0.310 e. The van der Waals surface area contributed by atoms with E-state index in [0.29, 0.717) is 19.4 Å². The molecule has 0 amide bonds. The molecular weight excluding hydrogens is 230 g/mol. The van der Waals surface area contributed by atoms with Gasteiger partial charge in [-0.3, -0.25) is 4.79 Å². The van der Waals surface area contributed by atoms with Gasteiger partial charge in [-0.05, 0) is 19.8 Å². The van der Waals surface area contributed by atoms with Crippen molar-refractivity contribution in [3.63, 3.8) is 0 Å². The molecule has 0 radical (unpaired) electrons. The highest BCUT2D eigenvalue weighted by Crippen LogP contribution is 2.31. The van der Waals surface area contributed by atoms with Gasteiger partial charge in [0, 0.05) is 13.1 Å². The third-order valence-corrected chi connectivity index (χ3v) is 4.78. The van der Waals surface area contributed by atoms with Crippen molar-refractivity contribution >= 4 is 16.0 Å². The number of carboxylic acids is 1. The van der Waals surface area contributed by atoms with Crippen LogP contribution >= 0.6 is 0 Å². The lowest BCUT2D eigenvalue weighted by Gasteiger charge is -2.19. The van der Waals surface area contributed by atoms with E-state index in [2.05, 4.69) is 6.58 Å². The average Bonchev–Trinajstić information content (AvgIpc) is 2.60. The van der Waals surface area contributed by atoms with E-state index in [9.17, 15) is 13.2 Å². The van der Waals surface area contributed by atoms with Crippen LogP contribution in [0.5, 0.6) is 0 Å². The topological polar surface area (TPSA) is 74.7 Å². The van der Waals surface area contributed by atoms with E-state index in [-0.39, 0.29) is 12.3 Å². The maximum atomic E-state index is 11.8. The van der Waals surface area contributed by atoms with Gasteiger partial charge in [-0.2, -0.15) is 0 Å². The summed E-state index contributed by atoms with van der Waals surface area (Å²) in [5, 5.41) is 8.99. The molecule has 1 saturated heterocycles. The number of sulfonamides is 1. The van der Waals surface area contributed by atoms with Gasteiger partial charge < -0.3 is 5.11 Å². The Kier molecular flexibility index (Phi) is 3.75. The van der Waals surface area contributed by atoms with E-state index in [4.69, 9.17) is 5.11 Å². The van der Waals surface area contributed by atoms with Gasteiger partial charge in [-0.15, -0.1) is 6.58 Å². The van der Waals surface area contributed by atoms with Crippen LogP contribution in [-0.2, 0) is 14.8 Å². The van der Waals surface area contributed by atoms with Crippen LogP contribution in [0.1, 0.15) is 19.8 Å². The zero-order valence-electron chi connectivity index (χ0n) is 9.35. The third-order valence-electron chi connectivity index (χ3n) is 2.93. The van der Waals surface area contributed by atoms with Crippen molar-refractivity contribution in [2.75, 3.05) is 18.8 Å². The maximum Gasteiger partial charge on any atom is 0.310 e. The van der Waals surface area contributed by atoms with Crippen molar-refractivity contribution in [3.05, 3.63) is 12.7 Å². The fraction of sp³-hybridized carbons (Fsp3) is 0.700. The molecule has 1 unspecified atom stereocenters. The first-order valence-electron chi connectivity index (χ1n) is 5.14. The number of hydrogen-bond donors (Lipinski definition) is 1. The molecule has 0 bridgehead atoms. The predicted molar refractivity (Wildman–Crippen MR) is 60.5 cm³/mol. The summed E-state index contributed by atoms with van der Waals surface area (Å²) >= 11 is 0. The molecule has 0 saturated carbocycles. The van der Waals surface area contributed by atoms with Crippen LogP contribution in [0.3, 0.4) is 0 Å². The molecule has 1 heterocycles. The third kappa shape index (κ3) is 2.62. The molecule has 0 aliphatic carbocycles. The number of carboxylic acid groups (broad SMARTS) is 1. The lowest BCUT2D eigenvalue weighted by Crippen LogP contribution is -2.35. The van der Waals surface area contributed by atoms with Crippen LogP contribution < -0.4 is 0 Å². The fourth-order valence-electron chi connectivity index (χ4n) is 1.69. The van der Waals surface area contributed by atoms with Gasteiger partial charge in [0.2, 0.25) is 10.0 Å². The molecule has 1 aliphatic rings. The van der Waals surface area contributed by atoms with Gasteiger partial charge in [0.15, 0.2) is 0 Å². The number of carbonyl (C=O) groups is 1. The molecule has 0 aromatic rings. The monoisotopic (exact) mass is 247 g/mol. The minimum atomic E-state index is -3.33. The molecule has 0 spiro atoms. The van der Waals surface area contributed by atoms with Crippen LogP contribution in [0.2, 0.25) is 0 Å². The lowest BCUT2D eigenvalue weighted by atomic mass is 9.90. The Morgan fingerprint density at radius 1 is 1.62 bits per heavy atom. The Hall–Kier alpha value is -0.880. The largest absolute Gasteiger partial charge is 0.481 e. The molecule has 1 atom stereocenters. The molecule has 5 nitrogen and oxygen atoms in total. The SMILES string of the molecule is C=CCCS(=O)(=O)N1CCC(C)(C(=O)O)C1. The number of rotatable bonds is 5. The van der Waals surface area contributed by atoms with E-state index < -0.39 is 21.4 Å². The summed E-state index contributed by atoms with van der Waals surface area (Å²) < 4.78 is 24.8. The molecule has 92 valence electrons. The highest BCUT2D eigenvalue weighted by molar-refractivity contribution is 7.89. The first kappa shape index (κ1) is 13.2. The number of nitrogens with zero attached hydrogens (tertiary/aromatic N) is 1. The summed E-state index contributed by atoms with van der Waals surface area (Å²) in [6.45, 7) is 5.42. The second-order valence-electron chi connectivity index (χ2n) is 4.34. The molecule has 0 aromatic carbocycles. The quantitative estimate of drug-likeness (QED) is 0.725. The molecule has 1 aliphatic heterocycles. The second kappa shape index (κ2) is 4.55. The van der Waals surface area contributed by atoms with Crippen LogP contribution in [-0.4, -0.2) is 42.6 Å². The van der Waals surface area contributed by atoms with Crippen LogP contribution in [0.25, 0.3) is 0 Å². The van der Waals surface area contributed by atoms with Crippen molar-refractivity contribution < 1.29 is 18.3 Å². The van der Waals surface area contributed by atoms with Gasteiger partial charge in [0.1, 0.15) is 0 Å². The van der Waals surface area contributed by atoms with E-state index in [1.165, 1.54) is 4.31 Å². The summed E-state index contributed by atoms with van der Waals surface area (Å²) in [6.07, 6.45) is 2.31. The number of aliphatic carboxylic acids is 1. The van der Waals surface area contributed by atoms with Crippen molar-refractivity contribution in [2.24, 2.45) is 5.41 Å². The zero-order chi connectivity index (χ0) is 12.4. The van der Waals surface area contributed by atoms with Gasteiger partial charge in [0.25, 0.3) is 0 Å². The summed E-state index contributed by atoms with van der Waals surface area (Å²) in [4.78, 5) is 11.0. The van der Waals surface area contributed by atoms with E-state index in [0.717, 1.165) is 0 Å². The Morgan fingerprint density at radius 2 is 2.25 bits per heavy atom. The highest BCUT2D eigenvalue weighted by atomic mass is 32.2. The average molecular weight is 247 g/mol. The summed E-state index contributed by atoms with van der Waals surface area (Å²) in [7, 11) is -3.33. The van der Waals surface area contributed by atoms with Crippen molar-refractivity contribution in [1.29, 1.82) is 0 Å². The predicted octanol–water partition coefficient (Wildman–Crippen LogP) is 0.689. The van der Waals surface area contributed by atoms with E-state index in [1.54, 1.807) is 13.0 Å². The maximum absolute atomic E-state index is 11.8. The Morgan fingerprint density at radius 3 is 2.69 bits per heavy atom. The van der Waals surface area contributed by atoms with Crippen molar-refractivity contribution in [3.8, 4) is 0 Å². The minimum Gasteiger partial charge on any atom is -0.481 e. The first-order chi connectivity index (χ1) is 7.32. The summed E-state index contributed by atoms with van der Waals surface area (Å²) in [5.74, 6) is -0.930. The molecule has 16 heavy (non-hydrogen) atoms. The zero-order valence-corrected chi connectivity index (χ0v) is 10.2. The van der Waals surface area contributed by atoms with Crippen LogP contribution in [0, 0.1) is 5.41 Å². The fourth-order valence-corrected chi connectivity index (χ4v) is 3.27. The van der Waals surface area contributed by atoms with Gasteiger partial charge >= 0.3 is 5.97 Å². The molecule has 1 N–H and O–H groups in total. The van der Waals surface area contributed by atoms with Crippen LogP contribution in [0.15, 0.2) is 12.7 Å². The molecule has 6 heteroatoms. The molecule has 1 rings (SSSR count). The molecule has 1 fully saturated rings.